The van der Waals surface area contributed by atoms with Gasteiger partial charge in [0.2, 0.25) is 5.91 Å². The lowest BCUT2D eigenvalue weighted by Crippen LogP contribution is -2.45. The molecule has 0 atom stereocenters. The highest BCUT2D eigenvalue weighted by atomic mass is 16.5. The largest absolute Gasteiger partial charge is 0.464 e. The van der Waals surface area contributed by atoms with Crippen molar-refractivity contribution in [2.45, 2.75) is 65.1 Å². The molecule has 1 saturated carbocycles. The van der Waals surface area contributed by atoms with Crippen LogP contribution in [0.4, 0.5) is 0 Å². The standard InChI is InChI=1S/C20H32N2O3/c1-15(2)14-24-18-8-10-21(11-9-18)13-20(23)22(17-5-6-17)12-19-7-4-16(3)25-19/h4,7,15,17-18H,5-6,8-14H2,1-3H3. The van der Waals surface area contributed by atoms with E-state index in [0.29, 0.717) is 31.2 Å². The Morgan fingerprint density at radius 2 is 2.00 bits per heavy atom. The van der Waals surface area contributed by atoms with Crippen molar-refractivity contribution in [2.24, 2.45) is 5.92 Å². The van der Waals surface area contributed by atoms with E-state index < -0.39 is 0 Å². The van der Waals surface area contributed by atoms with E-state index in [4.69, 9.17) is 9.15 Å². The summed E-state index contributed by atoms with van der Waals surface area (Å²) in [5.41, 5.74) is 0. The molecule has 0 aromatic carbocycles. The monoisotopic (exact) mass is 348 g/mol. The Morgan fingerprint density at radius 1 is 1.28 bits per heavy atom. The molecular formula is C20H32N2O3. The second kappa shape index (κ2) is 8.37. The first-order chi connectivity index (χ1) is 12.0. The number of piperidine rings is 1. The highest BCUT2D eigenvalue weighted by Gasteiger charge is 2.34. The molecule has 5 nitrogen and oxygen atoms in total. The van der Waals surface area contributed by atoms with Crippen molar-refractivity contribution in [2.75, 3.05) is 26.2 Å². The molecule has 1 aromatic heterocycles. The maximum absolute atomic E-state index is 12.8. The van der Waals surface area contributed by atoms with Gasteiger partial charge < -0.3 is 14.1 Å². The number of furan rings is 1. The third kappa shape index (κ3) is 5.58. The van der Waals surface area contributed by atoms with Gasteiger partial charge in [0.15, 0.2) is 0 Å². The van der Waals surface area contributed by atoms with Gasteiger partial charge >= 0.3 is 0 Å². The van der Waals surface area contributed by atoms with Gasteiger partial charge in [-0.25, -0.2) is 0 Å². The second-order valence-corrected chi connectivity index (χ2v) is 7.97. The zero-order chi connectivity index (χ0) is 17.8. The van der Waals surface area contributed by atoms with E-state index in [1.807, 2.05) is 24.0 Å². The van der Waals surface area contributed by atoms with Gasteiger partial charge in [-0.3, -0.25) is 9.69 Å². The summed E-state index contributed by atoms with van der Waals surface area (Å²) in [7, 11) is 0. The van der Waals surface area contributed by atoms with Gasteiger partial charge in [0, 0.05) is 25.7 Å². The Hall–Kier alpha value is -1.33. The molecule has 1 amide bonds. The third-order valence-corrected chi connectivity index (χ3v) is 4.99. The quantitative estimate of drug-likeness (QED) is 0.724. The first-order valence-corrected chi connectivity index (χ1v) is 9.70. The van der Waals surface area contributed by atoms with E-state index in [1.165, 1.54) is 0 Å². The van der Waals surface area contributed by atoms with Crippen LogP contribution in [0.3, 0.4) is 0 Å². The molecule has 0 spiro atoms. The predicted octanol–water partition coefficient (Wildman–Crippen LogP) is 3.22. The molecule has 0 N–H and O–H groups in total. The van der Waals surface area contributed by atoms with Crippen molar-refractivity contribution in [3.8, 4) is 0 Å². The average molecular weight is 348 g/mol. The molecule has 0 bridgehead atoms. The van der Waals surface area contributed by atoms with Gasteiger partial charge in [-0.05, 0) is 50.7 Å². The van der Waals surface area contributed by atoms with Crippen molar-refractivity contribution < 1.29 is 13.9 Å². The summed E-state index contributed by atoms with van der Waals surface area (Å²) in [6.45, 7) is 10.2. The minimum absolute atomic E-state index is 0.234. The highest BCUT2D eigenvalue weighted by molar-refractivity contribution is 5.79. The van der Waals surface area contributed by atoms with Crippen LogP contribution >= 0.6 is 0 Å². The maximum atomic E-state index is 12.8. The third-order valence-electron chi connectivity index (χ3n) is 4.99. The number of carbonyl (C=O) groups is 1. The minimum atomic E-state index is 0.234. The van der Waals surface area contributed by atoms with Crippen LogP contribution in [0.5, 0.6) is 0 Å². The number of likely N-dealkylation sites (tertiary alicyclic amines) is 1. The molecule has 25 heavy (non-hydrogen) atoms. The maximum Gasteiger partial charge on any atom is 0.237 e. The zero-order valence-corrected chi connectivity index (χ0v) is 15.9. The van der Waals surface area contributed by atoms with E-state index >= 15 is 0 Å². The van der Waals surface area contributed by atoms with Crippen molar-refractivity contribution in [3.63, 3.8) is 0 Å². The molecule has 1 saturated heterocycles. The van der Waals surface area contributed by atoms with Gasteiger partial charge in [0.25, 0.3) is 0 Å². The fourth-order valence-corrected chi connectivity index (χ4v) is 3.39. The minimum Gasteiger partial charge on any atom is -0.464 e. The van der Waals surface area contributed by atoms with E-state index in [9.17, 15) is 4.79 Å². The molecule has 1 aromatic rings. The van der Waals surface area contributed by atoms with Crippen molar-refractivity contribution >= 4 is 5.91 Å². The van der Waals surface area contributed by atoms with Crippen LogP contribution in [0.15, 0.2) is 16.5 Å². The second-order valence-electron chi connectivity index (χ2n) is 7.97. The molecule has 2 aliphatic rings. The molecular weight excluding hydrogens is 316 g/mol. The van der Waals surface area contributed by atoms with Crippen LogP contribution in [0.2, 0.25) is 0 Å². The van der Waals surface area contributed by atoms with Crippen LogP contribution in [0.1, 0.15) is 51.1 Å². The van der Waals surface area contributed by atoms with Gasteiger partial charge in [-0.1, -0.05) is 13.8 Å². The van der Waals surface area contributed by atoms with Crippen molar-refractivity contribution in [3.05, 3.63) is 23.7 Å². The number of carbonyl (C=O) groups excluding carboxylic acids is 1. The number of nitrogens with zero attached hydrogens (tertiary/aromatic N) is 2. The molecule has 0 radical (unpaired) electrons. The lowest BCUT2D eigenvalue weighted by atomic mass is 10.1. The molecule has 0 unspecified atom stereocenters. The Morgan fingerprint density at radius 3 is 2.56 bits per heavy atom. The number of amides is 1. The molecule has 2 fully saturated rings. The Balaban J connectivity index is 1.46. The number of hydrogen-bond acceptors (Lipinski definition) is 4. The zero-order valence-electron chi connectivity index (χ0n) is 15.9. The predicted molar refractivity (Wildman–Crippen MR) is 97.3 cm³/mol. The Bertz CT molecular complexity index is 557. The van der Waals surface area contributed by atoms with E-state index in [1.54, 1.807) is 0 Å². The van der Waals surface area contributed by atoms with E-state index in [-0.39, 0.29) is 5.91 Å². The first kappa shape index (κ1) is 18.5. The first-order valence-electron chi connectivity index (χ1n) is 9.70. The van der Waals surface area contributed by atoms with Crippen molar-refractivity contribution in [1.29, 1.82) is 0 Å². The summed E-state index contributed by atoms with van der Waals surface area (Å²) >= 11 is 0. The number of hydrogen-bond donors (Lipinski definition) is 0. The average Bonchev–Trinajstić information content (AvgIpc) is 3.34. The van der Waals surface area contributed by atoms with Crippen LogP contribution < -0.4 is 0 Å². The Labute approximate surface area is 151 Å². The smallest absolute Gasteiger partial charge is 0.237 e. The molecule has 140 valence electrons. The van der Waals surface area contributed by atoms with Crippen molar-refractivity contribution in [1.82, 2.24) is 9.80 Å². The van der Waals surface area contributed by atoms with E-state index in [2.05, 4.69) is 18.7 Å². The lowest BCUT2D eigenvalue weighted by Gasteiger charge is -2.33. The van der Waals surface area contributed by atoms with Crippen LogP contribution in [-0.2, 0) is 16.1 Å². The summed E-state index contributed by atoms with van der Waals surface area (Å²) in [6.07, 6.45) is 4.66. The number of ether oxygens (including phenoxy) is 1. The van der Waals surface area contributed by atoms with Crippen LogP contribution in [0.25, 0.3) is 0 Å². The summed E-state index contributed by atoms with van der Waals surface area (Å²) in [4.78, 5) is 17.1. The fraction of sp³-hybridized carbons (Fsp3) is 0.750. The van der Waals surface area contributed by atoms with Gasteiger partial charge in [-0.15, -0.1) is 0 Å². The number of aryl methyl sites for hydroxylation is 1. The van der Waals surface area contributed by atoms with E-state index in [0.717, 1.165) is 56.9 Å². The van der Waals surface area contributed by atoms with Gasteiger partial charge in [0.05, 0.1) is 19.2 Å². The molecule has 5 heteroatoms. The summed E-state index contributed by atoms with van der Waals surface area (Å²) < 4.78 is 11.6. The van der Waals surface area contributed by atoms with Gasteiger partial charge in [0.1, 0.15) is 11.5 Å². The van der Waals surface area contributed by atoms with Crippen LogP contribution in [-0.4, -0.2) is 54.1 Å². The number of rotatable bonds is 8. The van der Waals surface area contributed by atoms with Crippen LogP contribution in [0, 0.1) is 12.8 Å². The Kier molecular flexibility index (Phi) is 6.18. The summed E-state index contributed by atoms with van der Waals surface area (Å²) in [6, 6.07) is 4.35. The molecule has 3 rings (SSSR count). The fourth-order valence-electron chi connectivity index (χ4n) is 3.39. The summed E-state index contributed by atoms with van der Waals surface area (Å²) in [5, 5.41) is 0. The molecule has 1 aliphatic carbocycles. The SMILES string of the molecule is Cc1ccc(CN(C(=O)CN2CCC(OCC(C)C)CC2)C2CC2)o1. The summed E-state index contributed by atoms with van der Waals surface area (Å²) in [5.74, 6) is 2.61. The highest BCUT2D eigenvalue weighted by Crippen LogP contribution is 2.29. The lowest BCUT2D eigenvalue weighted by molar-refractivity contribution is -0.134. The van der Waals surface area contributed by atoms with Gasteiger partial charge in [-0.2, -0.15) is 0 Å². The molecule has 2 heterocycles. The normalized spacial score (nSPS) is 19.5. The molecule has 1 aliphatic heterocycles. The topological polar surface area (TPSA) is 45.9 Å².